The van der Waals surface area contributed by atoms with E-state index in [2.05, 4.69) is 55.6 Å². The van der Waals surface area contributed by atoms with Gasteiger partial charge in [-0.3, -0.25) is 4.79 Å². The second-order valence-electron chi connectivity index (χ2n) is 23.6. The van der Waals surface area contributed by atoms with Crippen molar-refractivity contribution >= 4 is 5.91 Å². The summed E-state index contributed by atoms with van der Waals surface area (Å²) in [5.41, 5.74) is 0. The normalized spacial score (nSPS) is 18.9. The number of allylic oxidation sites excluding steroid dienone is 7. The number of rotatable bonds is 59. The van der Waals surface area contributed by atoms with Gasteiger partial charge in [0.2, 0.25) is 5.91 Å². The van der Waals surface area contributed by atoms with Gasteiger partial charge in [-0.25, -0.2) is 0 Å². The molecule has 6 N–H and O–H groups in total. The number of ether oxygens (including phenoxy) is 2. The van der Waals surface area contributed by atoms with Crippen LogP contribution in [0.4, 0.5) is 0 Å². The minimum absolute atomic E-state index is 0.186. The Balaban J connectivity index is 2.17. The van der Waals surface area contributed by atoms with Gasteiger partial charge in [0.15, 0.2) is 6.29 Å². The van der Waals surface area contributed by atoms with Crippen LogP contribution < -0.4 is 5.32 Å². The predicted molar refractivity (Wildman–Crippen MR) is 332 cm³/mol. The Labute approximate surface area is 482 Å². The van der Waals surface area contributed by atoms with Crippen LogP contribution in [0.3, 0.4) is 0 Å². The monoisotopic (exact) mass is 1100 g/mol. The van der Waals surface area contributed by atoms with Crippen molar-refractivity contribution in [1.82, 2.24) is 5.32 Å². The summed E-state index contributed by atoms with van der Waals surface area (Å²) in [5.74, 6) is -0.186. The van der Waals surface area contributed by atoms with E-state index in [9.17, 15) is 30.3 Å². The summed E-state index contributed by atoms with van der Waals surface area (Å²) in [5, 5.41) is 54.7. The van der Waals surface area contributed by atoms with Crippen LogP contribution in [0, 0.1) is 0 Å². The van der Waals surface area contributed by atoms with Crippen molar-refractivity contribution in [3.8, 4) is 0 Å². The molecule has 1 aliphatic rings. The Hall–Kier alpha value is -1.85. The van der Waals surface area contributed by atoms with Crippen molar-refractivity contribution in [2.75, 3.05) is 13.2 Å². The molecule has 0 spiro atoms. The van der Waals surface area contributed by atoms with Gasteiger partial charge in [-0.05, 0) is 70.6 Å². The van der Waals surface area contributed by atoms with Crippen LogP contribution in [0.1, 0.15) is 328 Å². The molecule has 1 rings (SSSR count). The average Bonchev–Trinajstić information content (AvgIpc) is 3.45. The Bertz CT molecular complexity index is 1370. The van der Waals surface area contributed by atoms with Crippen molar-refractivity contribution < 1.29 is 39.8 Å². The minimum atomic E-state index is -1.58. The number of carbonyl (C=O) groups is 1. The molecule has 1 amide bonds. The molecule has 0 aromatic rings. The molecule has 9 heteroatoms. The third kappa shape index (κ3) is 46.7. The molecule has 7 atom stereocenters. The van der Waals surface area contributed by atoms with Crippen LogP contribution in [0.15, 0.2) is 48.6 Å². The molecule has 0 saturated carbocycles. The number of nitrogens with one attached hydrogen (secondary N) is 1. The maximum atomic E-state index is 13.1. The van der Waals surface area contributed by atoms with Gasteiger partial charge in [0.05, 0.1) is 25.4 Å². The highest BCUT2D eigenvalue weighted by molar-refractivity contribution is 5.76. The summed E-state index contributed by atoms with van der Waals surface area (Å²) in [6.45, 7) is 3.80. The zero-order chi connectivity index (χ0) is 56.5. The van der Waals surface area contributed by atoms with E-state index in [0.29, 0.717) is 6.42 Å². The molecule has 1 heterocycles. The first-order valence-corrected chi connectivity index (χ1v) is 33.9. The fraction of sp³-hybridized carbons (Fsp3) is 0.870. The second-order valence-corrected chi connectivity index (χ2v) is 23.6. The molecule has 0 aliphatic carbocycles. The van der Waals surface area contributed by atoms with Crippen LogP contribution in [-0.2, 0) is 14.3 Å². The molecule has 0 bridgehead atoms. The van der Waals surface area contributed by atoms with E-state index in [1.54, 1.807) is 6.08 Å². The number of hydrogen-bond donors (Lipinski definition) is 6. The van der Waals surface area contributed by atoms with Crippen molar-refractivity contribution in [1.29, 1.82) is 0 Å². The Morgan fingerprint density at radius 3 is 1.08 bits per heavy atom. The van der Waals surface area contributed by atoms with Gasteiger partial charge in [0, 0.05) is 6.42 Å². The van der Waals surface area contributed by atoms with Gasteiger partial charge < -0.3 is 40.3 Å². The van der Waals surface area contributed by atoms with Crippen molar-refractivity contribution in [2.24, 2.45) is 0 Å². The zero-order valence-electron chi connectivity index (χ0n) is 51.2. The van der Waals surface area contributed by atoms with Gasteiger partial charge in [-0.2, -0.15) is 0 Å². The smallest absolute Gasteiger partial charge is 0.220 e. The molecule has 78 heavy (non-hydrogen) atoms. The fourth-order valence-electron chi connectivity index (χ4n) is 10.8. The van der Waals surface area contributed by atoms with Crippen molar-refractivity contribution in [3.63, 3.8) is 0 Å². The number of hydrogen-bond acceptors (Lipinski definition) is 8. The first kappa shape index (κ1) is 74.2. The average molecular weight is 1100 g/mol. The topological polar surface area (TPSA) is 149 Å². The molecule has 7 unspecified atom stereocenters. The van der Waals surface area contributed by atoms with Gasteiger partial charge in [-0.15, -0.1) is 0 Å². The summed E-state index contributed by atoms with van der Waals surface area (Å²) < 4.78 is 11.3. The molecule has 1 fully saturated rings. The number of amides is 1. The summed E-state index contributed by atoms with van der Waals surface area (Å²) in [6, 6.07) is -0.830. The standard InChI is InChI=1S/C69H129NO8/c1-3-5-7-9-11-13-15-17-19-21-23-25-27-29-30-31-32-33-34-35-37-39-41-43-45-47-49-51-53-55-57-59-65(73)70-62(61-77-69-68(76)67(75)66(74)64(60-71)78-69)63(72)58-56-54-52-50-48-46-44-42-40-38-36-28-26-24-22-20-18-16-14-12-10-8-6-4-2/h29-30,40,42,48,50,56,58,62-64,66-69,71-72,74-76H,3-28,31-39,41,43-47,49,51-55,57,59-61H2,1-2H3,(H,70,73)/b30-29-,42-40+,50-48+,58-56+. The van der Waals surface area contributed by atoms with Gasteiger partial charge in [0.25, 0.3) is 0 Å². The van der Waals surface area contributed by atoms with E-state index in [4.69, 9.17) is 9.47 Å². The first-order chi connectivity index (χ1) is 38.3. The number of carbonyl (C=O) groups excluding carboxylic acids is 1. The number of unbranched alkanes of at least 4 members (excludes halogenated alkanes) is 43. The van der Waals surface area contributed by atoms with Crippen molar-refractivity contribution in [3.05, 3.63) is 48.6 Å². The maximum absolute atomic E-state index is 13.1. The Morgan fingerprint density at radius 2 is 0.731 bits per heavy atom. The van der Waals surface area contributed by atoms with Gasteiger partial charge in [-0.1, -0.05) is 300 Å². The number of aliphatic hydroxyl groups is 5. The van der Waals surface area contributed by atoms with Crippen LogP contribution in [0.5, 0.6) is 0 Å². The summed E-state index contributed by atoms with van der Waals surface area (Å²) in [6.07, 6.45) is 72.2. The Morgan fingerprint density at radius 1 is 0.423 bits per heavy atom. The largest absolute Gasteiger partial charge is 0.394 e. The third-order valence-corrected chi connectivity index (χ3v) is 16.1. The second kappa shape index (κ2) is 58.4. The molecule has 9 nitrogen and oxygen atoms in total. The van der Waals surface area contributed by atoms with E-state index in [0.717, 1.165) is 44.9 Å². The quantitative estimate of drug-likeness (QED) is 0.0261. The molecule has 0 radical (unpaired) electrons. The predicted octanol–water partition coefficient (Wildman–Crippen LogP) is 18.0. The summed E-state index contributed by atoms with van der Waals surface area (Å²) in [7, 11) is 0. The fourth-order valence-corrected chi connectivity index (χ4v) is 10.8. The first-order valence-electron chi connectivity index (χ1n) is 33.9. The van der Waals surface area contributed by atoms with Crippen LogP contribution in [0.25, 0.3) is 0 Å². The van der Waals surface area contributed by atoms with E-state index < -0.39 is 49.5 Å². The van der Waals surface area contributed by atoms with Crippen LogP contribution in [0.2, 0.25) is 0 Å². The van der Waals surface area contributed by atoms with Crippen molar-refractivity contribution in [2.45, 2.75) is 371 Å². The summed E-state index contributed by atoms with van der Waals surface area (Å²) >= 11 is 0. The third-order valence-electron chi connectivity index (χ3n) is 16.1. The molecule has 1 aliphatic heterocycles. The zero-order valence-corrected chi connectivity index (χ0v) is 51.2. The highest BCUT2D eigenvalue weighted by Crippen LogP contribution is 2.23. The van der Waals surface area contributed by atoms with Gasteiger partial charge >= 0.3 is 0 Å². The molecule has 1 saturated heterocycles. The molecular formula is C69H129NO8. The van der Waals surface area contributed by atoms with Crippen LogP contribution >= 0.6 is 0 Å². The number of aliphatic hydroxyl groups excluding tert-OH is 5. The molecule has 458 valence electrons. The molecular weight excluding hydrogens is 971 g/mol. The Kier molecular flexibility index (Phi) is 55.5. The van der Waals surface area contributed by atoms with E-state index in [1.807, 2.05) is 6.08 Å². The minimum Gasteiger partial charge on any atom is -0.394 e. The lowest BCUT2D eigenvalue weighted by atomic mass is 9.99. The lowest BCUT2D eigenvalue weighted by Crippen LogP contribution is -2.60. The SMILES string of the molecule is CCCCCCCCCCCCCC/C=C\CCCCCCCCCCCCCCCCCC(=O)NC(COC1OC(CO)C(O)C(O)C1O)C(O)/C=C/CC/C=C/CC/C=C/CCCCCCCCCCCCCCCC. The van der Waals surface area contributed by atoms with Crippen LogP contribution in [-0.4, -0.2) is 87.5 Å². The highest BCUT2D eigenvalue weighted by atomic mass is 16.7. The summed E-state index contributed by atoms with van der Waals surface area (Å²) in [4.78, 5) is 13.1. The van der Waals surface area contributed by atoms with E-state index in [1.165, 1.54) is 263 Å². The molecule has 0 aromatic heterocycles. The van der Waals surface area contributed by atoms with E-state index >= 15 is 0 Å². The lowest BCUT2D eigenvalue weighted by Gasteiger charge is -2.40. The highest BCUT2D eigenvalue weighted by Gasteiger charge is 2.44. The van der Waals surface area contributed by atoms with Gasteiger partial charge in [0.1, 0.15) is 24.4 Å². The maximum Gasteiger partial charge on any atom is 0.220 e. The molecule has 0 aromatic carbocycles. The van der Waals surface area contributed by atoms with E-state index in [-0.39, 0.29) is 12.5 Å². The lowest BCUT2D eigenvalue weighted by molar-refractivity contribution is -0.302.